The molecule has 1 amide bonds. The summed E-state index contributed by atoms with van der Waals surface area (Å²) in [5.74, 6) is -0.0483. The van der Waals surface area contributed by atoms with Gasteiger partial charge in [0.25, 0.3) is 0 Å². The van der Waals surface area contributed by atoms with E-state index in [9.17, 15) is 9.59 Å². The number of benzene rings is 2. The second-order valence-electron chi connectivity index (χ2n) is 10.9. The van der Waals surface area contributed by atoms with E-state index in [2.05, 4.69) is 36.1 Å². The predicted octanol–water partition coefficient (Wildman–Crippen LogP) is 6.26. The number of methoxy groups -OCH3 is 1. The average Bonchev–Trinajstić information content (AvgIpc) is 3.78. The third kappa shape index (κ3) is 6.43. The number of carbonyl (C=O) groups excluding carboxylic acids is 2. The zero-order chi connectivity index (χ0) is 27.4. The highest BCUT2D eigenvalue weighted by Gasteiger charge is 2.35. The SMILES string of the molecule is CCCc1cc(Cl)ccc1C1COc2ccc3cc2N(CCC/C=C/CN(C2CC2)C(=O)CC3C(=O)OC)C1. The second-order valence-corrected chi connectivity index (χ2v) is 11.4. The number of anilines is 1. The minimum Gasteiger partial charge on any atom is -0.491 e. The summed E-state index contributed by atoms with van der Waals surface area (Å²) < 4.78 is 11.6. The van der Waals surface area contributed by atoms with Crippen LogP contribution in [0.15, 0.2) is 48.6 Å². The molecule has 2 atom stereocenters. The zero-order valence-corrected chi connectivity index (χ0v) is 23.8. The molecule has 1 saturated carbocycles. The third-order valence-corrected chi connectivity index (χ3v) is 8.35. The van der Waals surface area contributed by atoms with Gasteiger partial charge in [0.2, 0.25) is 5.91 Å². The van der Waals surface area contributed by atoms with Gasteiger partial charge < -0.3 is 19.3 Å². The van der Waals surface area contributed by atoms with Gasteiger partial charge in [-0.2, -0.15) is 0 Å². The topological polar surface area (TPSA) is 59.1 Å². The van der Waals surface area contributed by atoms with E-state index in [-0.39, 0.29) is 30.3 Å². The van der Waals surface area contributed by atoms with Crippen molar-refractivity contribution < 1.29 is 19.1 Å². The third-order valence-electron chi connectivity index (χ3n) is 8.11. The van der Waals surface area contributed by atoms with Crippen molar-refractivity contribution >= 4 is 29.2 Å². The molecule has 0 spiro atoms. The van der Waals surface area contributed by atoms with E-state index in [4.69, 9.17) is 21.1 Å². The Bertz CT molecular complexity index is 1220. The molecular formula is C32H39ClN2O4. The van der Waals surface area contributed by atoms with Crippen LogP contribution in [-0.4, -0.2) is 56.2 Å². The summed E-state index contributed by atoms with van der Waals surface area (Å²) in [5, 5.41) is 0.762. The van der Waals surface area contributed by atoms with Gasteiger partial charge in [0.1, 0.15) is 5.75 Å². The van der Waals surface area contributed by atoms with Crippen LogP contribution in [0.4, 0.5) is 5.69 Å². The molecule has 0 saturated heterocycles. The summed E-state index contributed by atoms with van der Waals surface area (Å²) >= 11 is 6.37. The van der Waals surface area contributed by atoms with Gasteiger partial charge in [-0.3, -0.25) is 9.59 Å². The largest absolute Gasteiger partial charge is 0.491 e. The number of aryl methyl sites for hydroxylation is 1. The Morgan fingerprint density at radius 3 is 2.77 bits per heavy atom. The van der Waals surface area contributed by atoms with Crippen molar-refractivity contribution in [3.8, 4) is 5.75 Å². The molecule has 2 aromatic carbocycles. The van der Waals surface area contributed by atoms with Crippen molar-refractivity contribution in [3.63, 3.8) is 0 Å². The number of fused-ring (bicyclic) bond motifs is 1. The Morgan fingerprint density at radius 1 is 1.15 bits per heavy atom. The van der Waals surface area contributed by atoms with Crippen LogP contribution in [0.3, 0.4) is 0 Å². The lowest BCUT2D eigenvalue weighted by Crippen LogP contribution is -2.35. The lowest BCUT2D eigenvalue weighted by Gasteiger charge is -2.29. The maximum atomic E-state index is 13.4. The van der Waals surface area contributed by atoms with Crippen molar-refractivity contribution in [2.45, 2.75) is 69.7 Å². The molecule has 5 rings (SSSR count). The lowest BCUT2D eigenvalue weighted by atomic mass is 9.91. The summed E-state index contributed by atoms with van der Waals surface area (Å²) in [4.78, 5) is 30.7. The smallest absolute Gasteiger partial charge is 0.313 e. The maximum Gasteiger partial charge on any atom is 0.313 e. The molecule has 6 nitrogen and oxygen atoms in total. The van der Waals surface area contributed by atoms with Gasteiger partial charge in [-0.1, -0.05) is 49.2 Å². The van der Waals surface area contributed by atoms with Gasteiger partial charge in [0.05, 0.1) is 25.3 Å². The molecule has 0 radical (unpaired) electrons. The number of hydrogen-bond donors (Lipinski definition) is 0. The number of hydrogen-bond acceptors (Lipinski definition) is 5. The quantitative estimate of drug-likeness (QED) is 0.325. The Balaban J connectivity index is 1.50. The molecule has 0 aromatic heterocycles. The van der Waals surface area contributed by atoms with Crippen LogP contribution >= 0.6 is 11.6 Å². The van der Waals surface area contributed by atoms with Gasteiger partial charge in [-0.15, -0.1) is 0 Å². The molecule has 208 valence electrons. The normalized spacial score (nSPS) is 22.9. The Kier molecular flexibility index (Phi) is 8.81. The van der Waals surface area contributed by atoms with Crippen molar-refractivity contribution in [1.29, 1.82) is 0 Å². The van der Waals surface area contributed by atoms with E-state index < -0.39 is 5.92 Å². The molecule has 1 aliphatic carbocycles. The molecular weight excluding hydrogens is 512 g/mol. The van der Waals surface area contributed by atoms with Crippen molar-refractivity contribution in [3.05, 3.63) is 70.3 Å². The zero-order valence-electron chi connectivity index (χ0n) is 23.0. The molecule has 39 heavy (non-hydrogen) atoms. The summed E-state index contributed by atoms with van der Waals surface area (Å²) in [7, 11) is 1.39. The van der Waals surface area contributed by atoms with Crippen LogP contribution in [0.5, 0.6) is 5.75 Å². The summed E-state index contributed by atoms with van der Waals surface area (Å²) in [6.45, 7) is 5.02. The Hall–Kier alpha value is -2.99. The first-order valence-corrected chi connectivity index (χ1v) is 14.7. The molecule has 2 bridgehead atoms. The van der Waals surface area contributed by atoms with Crippen molar-refractivity contribution in [2.75, 3.05) is 38.3 Å². The van der Waals surface area contributed by atoms with Gasteiger partial charge >= 0.3 is 5.97 Å². The second kappa shape index (κ2) is 12.5. The molecule has 2 heterocycles. The van der Waals surface area contributed by atoms with E-state index in [1.54, 1.807) is 0 Å². The number of ether oxygens (including phenoxy) is 2. The first-order chi connectivity index (χ1) is 19.0. The van der Waals surface area contributed by atoms with E-state index in [0.717, 1.165) is 73.6 Å². The molecule has 2 aromatic rings. The van der Waals surface area contributed by atoms with Gasteiger partial charge in [0, 0.05) is 43.0 Å². The molecule has 3 aliphatic rings. The number of esters is 1. The summed E-state index contributed by atoms with van der Waals surface area (Å²) in [6.07, 6.45) is 10.4. The fourth-order valence-corrected chi connectivity index (χ4v) is 6.10. The molecule has 2 aliphatic heterocycles. The summed E-state index contributed by atoms with van der Waals surface area (Å²) in [6, 6.07) is 12.4. The van der Waals surface area contributed by atoms with Crippen LogP contribution in [0.2, 0.25) is 5.02 Å². The van der Waals surface area contributed by atoms with Crippen LogP contribution < -0.4 is 9.64 Å². The molecule has 2 unspecified atom stereocenters. The Morgan fingerprint density at radius 2 is 2.00 bits per heavy atom. The maximum absolute atomic E-state index is 13.4. The minimum atomic E-state index is -0.658. The Labute approximate surface area is 236 Å². The van der Waals surface area contributed by atoms with Crippen molar-refractivity contribution in [2.24, 2.45) is 0 Å². The first kappa shape index (κ1) is 27.6. The predicted molar refractivity (Wildman–Crippen MR) is 155 cm³/mol. The molecule has 0 N–H and O–H groups in total. The fourth-order valence-electron chi connectivity index (χ4n) is 5.90. The van der Waals surface area contributed by atoms with E-state index in [1.165, 1.54) is 18.2 Å². The number of carbonyl (C=O) groups is 2. The van der Waals surface area contributed by atoms with E-state index >= 15 is 0 Å². The fraction of sp³-hybridized carbons (Fsp3) is 0.500. The van der Waals surface area contributed by atoms with E-state index in [1.807, 2.05) is 29.2 Å². The first-order valence-electron chi connectivity index (χ1n) is 14.3. The number of halogens is 1. The molecule has 1 fully saturated rings. The van der Waals surface area contributed by atoms with Crippen LogP contribution in [0.1, 0.15) is 74.0 Å². The lowest BCUT2D eigenvalue weighted by molar-refractivity contribution is -0.145. The monoisotopic (exact) mass is 550 g/mol. The van der Waals surface area contributed by atoms with Crippen LogP contribution in [0.25, 0.3) is 0 Å². The number of amides is 1. The summed E-state index contributed by atoms with van der Waals surface area (Å²) in [5.41, 5.74) is 4.33. The number of allylic oxidation sites excluding steroid dienone is 1. The molecule has 7 heteroatoms. The standard InChI is InChI=1S/C32H39ClN2O4/c1-3-8-22-17-25(33)10-13-27(22)24-20-34-15-6-4-5-7-16-35(26-11-12-26)31(36)19-28(32(37)38-2)23-9-14-30(39-21-24)29(34)18-23/h5,7,9-10,13-14,17-18,24,26,28H,3-4,6,8,11-12,15-16,19-21H2,1-2H3/b7-5+. The minimum absolute atomic E-state index is 0.00362. The number of rotatable bonds is 5. The van der Waals surface area contributed by atoms with Gasteiger partial charge in [-0.05, 0) is 73.1 Å². The van der Waals surface area contributed by atoms with Crippen LogP contribution in [0, 0.1) is 0 Å². The highest BCUT2D eigenvalue weighted by atomic mass is 35.5. The number of nitrogens with zero attached hydrogens (tertiary/aromatic N) is 2. The van der Waals surface area contributed by atoms with Gasteiger partial charge in [-0.25, -0.2) is 0 Å². The average molecular weight is 551 g/mol. The van der Waals surface area contributed by atoms with Crippen molar-refractivity contribution in [1.82, 2.24) is 4.90 Å². The van der Waals surface area contributed by atoms with Crippen LogP contribution in [-0.2, 0) is 20.7 Å². The highest BCUT2D eigenvalue weighted by molar-refractivity contribution is 6.30. The van der Waals surface area contributed by atoms with Gasteiger partial charge in [0.15, 0.2) is 0 Å². The highest BCUT2D eigenvalue weighted by Crippen LogP contribution is 2.39. The van der Waals surface area contributed by atoms with E-state index in [0.29, 0.717) is 13.2 Å².